The maximum atomic E-state index is 13.2. The summed E-state index contributed by atoms with van der Waals surface area (Å²) >= 11 is 0. The van der Waals surface area contributed by atoms with Gasteiger partial charge in [-0.2, -0.15) is 0 Å². The normalized spacial score (nSPS) is 10.4. The number of amides is 4. The minimum atomic E-state index is -0.402. The largest absolute Gasteiger partial charge is 0.338 e. The van der Waals surface area contributed by atoms with Crippen molar-refractivity contribution in [1.82, 2.24) is 10.6 Å². The quantitative estimate of drug-likeness (QED) is 0.388. The third-order valence-corrected chi connectivity index (χ3v) is 4.92. The first-order chi connectivity index (χ1) is 15.9. The van der Waals surface area contributed by atoms with E-state index < -0.39 is 12.1 Å². The minimum absolute atomic E-state index is 0.310. The number of urea groups is 2. The molecule has 0 bridgehead atoms. The van der Waals surface area contributed by atoms with Crippen LogP contribution in [0.25, 0.3) is 0 Å². The molecule has 0 aliphatic heterocycles. The number of benzene rings is 3. The number of carbonyl (C=O) groups is 2. The summed E-state index contributed by atoms with van der Waals surface area (Å²) < 4.78 is 26.4. The zero-order valence-electron chi connectivity index (χ0n) is 18.3. The lowest BCUT2D eigenvalue weighted by molar-refractivity contribution is 0.251. The van der Waals surface area contributed by atoms with Gasteiger partial charge in [0.2, 0.25) is 0 Å². The van der Waals surface area contributed by atoms with E-state index in [0.29, 0.717) is 37.3 Å². The smallest absolute Gasteiger partial charge is 0.319 e. The zero-order chi connectivity index (χ0) is 23.6. The fraction of sp³-hybridized carbons (Fsp3) is 0.200. The topological polar surface area (TPSA) is 82.3 Å². The van der Waals surface area contributed by atoms with Crippen LogP contribution in [0.2, 0.25) is 0 Å². The van der Waals surface area contributed by atoms with Crippen LogP contribution >= 0.6 is 0 Å². The SMILES string of the molecule is Cc1ccc(NC(=O)NCCc2cccc(F)c2)cc1NC(=O)NCCc1cccc(F)c1. The molecular weight excluding hydrogens is 426 g/mol. The Hall–Kier alpha value is -3.94. The van der Waals surface area contributed by atoms with Crippen molar-refractivity contribution in [2.75, 3.05) is 23.7 Å². The second kappa shape index (κ2) is 11.6. The summed E-state index contributed by atoms with van der Waals surface area (Å²) in [5.41, 5.74) is 3.48. The number of hydrogen-bond donors (Lipinski definition) is 4. The number of carbonyl (C=O) groups excluding carboxylic acids is 2. The van der Waals surface area contributed by atoms with Gasteiger partial charge in [0.1, 0.15) is 11.6 Å². The van der Waals surface area contributed by atoms with E-state index in [0.717, 1.165) is 16.7 Å². The van der Waals surface area contributed by atoms with Crippen LogP contribution in [0.4, 0.5) is 29.7 Å². The van der Waals surface area contributed by atoms with Crippen molar-refractivity contribution in [3.05, 3.63) is 95.1 Å². The fourth-order valence-electron chi connectivity index (χ4n) is 3.20. The molecule has 0 atom stereocenters. The molecule has 0 heterocycles. The molecule has 6 nitrogen and oxygen atoms in total. The van der Waals surface area contributed by atoms with Gasteiger partial charge in [-0.05, 0) is 72.9 Å². The molecule has 0 saturated heterocycles. The lowest BCUT2D eigenvalue weighted by Gasteiger charge is -2.13. The molecule has 0 aromatic heterocycles. The number of nitrogens with one attached hydrogen (secondary N) is 4. The molecule has 0 fully saturated rings. The van der Waals surface area contributed by atoms with Gasteiger partial charge in [0.15, 0.2) is 0 Å². The van der Waals surface area contributed by atoms with Gasteiger partial charge in [0, 0.05) is 24.5 Å². The first kappa shape index (κ1) is 23.7. The Kier molecular flexibility index (Phi) is 8.35. The molecule has 3 rings (SSSR count). The highest BCUT2D eigenvalue weighted by molar-refractivity contribution is 5.93. The highest BCUT2D eigenvalue weighted by Crippen LogP contribution is 2.20. The summed E-state index contributed by atoms with van der Waals surface area (Å²) in [6, 6.07) is 16.8. The van der Waals surface area contributed by atoms with Crippen molar-refractivity contribution in [3.8, 4) is 0 Å². The summed E-state index contributed by atoms with van der Waals surface area (Å²) in [6.45, 7) is 2.53. The molecule has 172 valence electrons. The minimum Gasteiger partial charge on any atom is -0.338 e. The Bertz CT molecular complexity index is 1120. The molecular formula is C25H26F2N4O2. The van der Waals surface area contributed by atoms with E-state index in [1.54, 1.807) is 42.5 Å². The first-order valence-corrected chi connectivity index (χ1v) is 10.6. The molecule has 4 amide bonds. The van der Waals surface area contributed by atoms with E-state index in [1.807, 2.05) is 6.92 Å². The van der Waals surface area contributed by atoms with Crippen LogP contribution in [0.5, 0.6) is 0 Å². The summed E-state index contributed by atoms with van der Waals surface area (Å²) in [5.74, 6) is -0.621. The third kappa shape index (κ3) is 7.92. The van der Waals surface area contributed by atoms with Gasteiger partial charge in [-0.3, -0.25) is 0 Å². The first-order valence-electron chi connectivity index (χ1n) is 10.6. The molecule has 0 radical (unpaired) electrons. The monoisotopic (exact) mass is 452 g/mol. The highest BCUT2D eigenvalue weighted by atomic mass is 19.1. The van der Waals surface area contributed by atoms with Gasteiger partial charge < -0.3 is 21.3 Å². The summed E-state index contributed by atoms with van der Waals surface area (Å²) in [4.78, 5) is 24.4. The van der Waals surface area contributed by atoms with Crippen molar-refractivity contribution in [3.63, 3.8) is 0 Å². The van der Waals surface area contributed by atoms with E-state index in [4.69, 9.17) is 0 Å². The number of rotatable bonds is 8. The standard InChI is InChI=1S/C25H26F2N4O2/c1-17-8-9-22(30-24(32)28-12-10-18-4-2-6-20(26)14-18)16-23(17)31-25(33)29-13-11-19-5-3-7-21(27)15-19/h2-9,14-16H,10-13H2,1H3,(H2,28,30,32)(H2,29,31,33). The molecule has 3 aromatic carbocycles. The number of halogens is 2. The van der Waals surface area contributed by atoms with E-state index >= 15 is 0 Å². The lowest BCUT2D eigenvalue weighted by Crippen LogP contribution is -2.31. The molecule has 0 unspecified atom stereocenters. The van der Waals surface area contributed by atoms with Gasteiger partial charge in [-0.1, -0.05) is 30.3 Å². The number of hydrogen-bond acceptors (Lipinski definition) is 2. The lowest BCUT2D eigenvalue weighted by atomic mass is 10.1. The van der Waals surface area contributed by atoms with Gasteiger partial charge in [-0.25, -0.2) is 18.4 Å². The van der Waals surface area contributed by atoms with Gasteiger partial charge in [0.05, 0.1) is 0 Å². The van der Waals surface area contributed by atoms with Gasteiger partial charge >= 0.3 is 12.1 Å². The zero-order valence-corrected chi connectivity index (χ0v) is 18.3. The van der Waals surface area contributed by atoms with E-state index in [2.05, 4.69) is 21.3 Å². The van der Waals surface area contributed by atoms with Crippen LogP contribution in [-0.2, 0) is 12.8 Å². The molecule has 8 heteroatoms. The van der Waals surface area contributed by atoms with E-state index in [-0.39, 0.29) is 11.6 Å². The van der Waals surface area contributed by atoms with Crippen LogP contribution in [0, 0.1) is 18.6 Å². The maximum Gasteiger partial charge on any atom is 0.319 e. The Balaban J connectivity index is 1.45. The average molecular weight is 453 g/mol. The predicted molar refractivity (Wildman–Crippen MR) is 125 cm³/mol. The molecule has 0 saturated carbocycles. The van der Waals surface area contributed by atoms with Gasteiger partial charge in [0.25, 0.3) is 0 Å². The predicted octanol–water partition coefficient (Wildman–Crippen LogP) is 5.00. The van der Waals surface area contributed by atoms with E-state index in [9.17, 15) is 18.4 Å². The second-order valence-electron chi connectivity index (χ2n) is 7.55. The van der Waals surface area contributed by atoms with E-state index in [1.165, 1.54) is 24.3 Å². The Morgan fingerprint density at radius 1 is 0.727 bits per heavy atom. The summed E-state index contributed by atoms with van der Waals surface area (Å²) in [5, 5.41) is 10.9. The van der Waals surface area contributed by atoms with Crippen LogP contribution in [-0.4, -0.2) is 25.2 Å². The van der Waals surface area contributed by atoms with Crippen LogP contribution in [0.1, 0.15) is 16.7 Å². The van der Waals surface area contributed by atoms with Crippen LogP contribution < -0.4 is 21.3 Å². The highest BCUT2D eigenvalue weighted by Gasteiger charge is 2.08. The van der Waals surface area contributed by atoms with Crippen molar-refractivity contribution in [2.24, 2.45) is 0 Å². The molecule has 0 aliphatic rings. The molecule has 4 N–H and O–H groups in total. The Morgan fingerprint density at radius 2 is 1.27 bits per heavy atom. The van der Waals surface area contributed by atoms with Crippen molar-refractivity contribution in [2.45, 2.75) is 19.8 Å². The fourth-order valence-corrected chi connectivity index (χ4v) is 3.20. The Labute approximate surface area is 191 Å². The summed E-state index contributed by atoms with van der Waals surface area (Å²) in [7, 11) is 0. The molecule has 0 spiro atoms. The molecule has 3 aromatic rings. The van der Waals surface area contributed by atoms with Crippen molar-refractivity contribution < 1.29 is 18.4 Å². The molecule has 33 heavy (non-hydrogen) atoms. The van der Waals surface area contributed by atoms with Crippen molar-refractivity contribution >= 4 is 23.4 Å². The maximum absolute atomic E-state index is 13.2. The number of anilines is 2. The van der Waals surface area contributed by atoms with Crippen molar-refractivity contribution in [1.29, 1.82) is 0 Å². The summed E-state index contributed by atoms with van der Waals surface area (Å²) in [6.07, 6.45) is 1.00. The second-order valence-corrected chi connectivity index (χ2v) is 7.55. The Morgan fingerprint density at radius 3 is 1.82 bits per heavy atom. The molecule has 0 aliphatic carbocycles. The van der Waals surface area contributed by atoms with Crippen LogP contribution in [0.15, 0.2) is 66.7 Å². The number of aryl methyl sites for hydroxylation is 1. The van der Waals surface area contributed by atoms with Crippen LogP contribution in [0.3, 0.4) is 0 Å². The average Bonchev–Trinajstić information content (AvgIpc) is 2.76. The van der Waals surface area contributed by atoms with Gasteiger partial charge in [-0.15, -0.1) is 0 Å². The third-order valence-electron chi connectivity index (χ3n) is 4.92.